The molecule has 4 heteroatoms. The van der Waals surface area contributed by atoms with Gasteiger partial charge in [-0.2, -0.15) is 5.26 Å². The van der Waals surface area contributed by atoms with E-state index >= 15 is 0 Å². The van der Waals surface area contributed by atoms with Crippen molar-refractivity contribution in [3.05, 3.63) is 35.4 Å². The fourth-order valence-electron chi connectivity index (χ4n) is 1.93. The van der Waals surface area contributed by atoms with Gasteiger partial charge in [-0.25, -0.2) is 0 Å². The van der Waals surface area contributed by atoms with Crippen molar-refractivity contribution in [1.82, 2.24) is 10.6 Å². The Hall–Kier alpha value is -1.86. The standard InChI is InChI=1S/C14H17N3O/c1-10(13-8-16-9-13)14(18)17-7-12-4-2-11(6-15)3-5-12/h2-5,10,13,16H,7-9H2,1H3,(H,17,18). The number of benzene rings is 1. The molecule has 1 unspecified atom stereocenters. The van der Waals surface area contributed by atoms with Gasteiger partial charge in [-0.3, -0.25) is 4.79 Å². The molecule has 0 bridgehead atoms. The quantitative estimate of drug-likeness (QED) is 0.830. The first-order valence-electron chi connectivity index (χ1n) is 6.18. The Balaban J connectivity index is 1.83. The molecule has 1 saturated heterocycles. The molecule has 1 aromatic carbocycles. The maximum atomic E-state index is 11.9. The van der Waals surface area contributed by atoms with Gasteiger partial charge in [0.2, 0.25) is 5.91 Å². The summed E-state index contributed by atoms with van der Waals surface area (Å²) >= 11 is 0. The van der Waals surface area contributed by atoms with Crippen LogP contribution in [0.5, 0.6) is 0 Å². The van der Waals surface area contributed by atoms with Crippen molar-refractivity contribution in [1.29, 1.82) is 5.26 Å². The lowest BCUT2D eigenvalue weighted by Crippen LogP contribution is -2.49. The third-order valence-electron chi connectivity index (χ3n) is 3.48. The van der Waals surface area contributed by atoms with Crippen molar-refractivity contribution in [3.63, 3.8) is 0 Å². The van der Waals surface area contributed by atoms with Crippen molar-refractivity contribution in [2.24, 2.45) is 11.8 Å². The van der Waals surface area contributed by atoms with Crippen molar-refractivity contribution >= 4 is 5.91 Å². The first-order valence-corrected chi connectivity index (χ1v) is 6.18. The second-order valence-electron chi connectivity index (χ2n) is 4.73. The summed E-state index contributed by atoms with van der Waals surface area (Å²) in [6.07, 6.45) is 0. The van der Waals surface area contributed by atoms with E-state index in [0.717, 1.165) is 18.7 Å². The van der Waals surface area contributed by atoms with Crippen LogP contribution in [0.15, 0.2) is 24.3 Å². The summed E-state index contributed by atoms with van der Waals surface area (Å²) in [5, 5.41) is 14.8. The van der Waals surface area contributed by atoms with E-state index in [1.807, 2.05) is 19.1 Å². The Morgan fingerprint density at radius 1 is 1.50 bits per heavy atom. The van der Waals surface area contributed by atoms with Gasteiger partial charge in [-0.1, -0.05) is 19.1 Å². The van der Waals surface area contributed by atoms with Gasteiger partial charge in [0, 0.05) is 12.5 Å². The molecule has 0 saturated carbocycles. The summed E-state index contributed by atoms with van der Waals surface area (Å²) in [5.41, 5.74) is 1.65. The average molecular weight is 243 g/mol. The molecule has 0 aliphatic carbocycles. The topological polar surface area (TPSA) is 64.9 Å². The van der Waals surface area contributed by atoms with Crippen LogP contribution in [0.25, 0.3) is 0 Å². The van der Waals surface area contributed by atoms with Crippen LogP contribution in [-0.2, 0) is 11.3 Å². The van der Waals surface area contributed by atoms with E-state index < -0.39 is 0 Å². The summed E-state index contributed by atoms with van der Waals surface area (Å²) in [6, 6.07) is 9.34. The molecular weight excluding hydrogens is 226 g/mol. The zero-order valence-electron chi connectivity index (χ0n) is 10.4. The molecule has 1 aromatic rings. The van der Waals surface area contributed by atoms with Gasteiger partial charge in [-0.05, 0) is 36.7 Å². The van der Waals surface area contributed by atoms with E-state index in [1.54, 1.807) is 12.1 Å². The molecule has 1 atom stereocenters. The summed E-state index contributed by atoms with van der Waals surface area (Å²) in [7, 11) is 0. The fraction of sp³-hybridized carbons (Fsp3) is 0.429. The van der Waals surface area contributed by atoms with Crippen molar-refractivity contribution in [2.75, 3.05) is 13.1 Å². The SMILES string of the molecule is CC(C(=O)NCc1ccc(C#N)cc1)C1CNC1. The van der Waals surface area contributed by atoms with Crippen LogP contribution in [-0.4, -0.2) is 19.0 Å². The van der Waals surface area contributed by atoms with Gasteiger partial charge in [-0.15, -0.1) is 0 Å². The molecule has 2 N–H and O–H groups in total. The van der Waals surface area contributed by atoms with E-state index in [9.17, 15) is 4.79 Å². The first kappa shape index (κ1) is 12.6. The Morgan fingerprint density at radius 2 is 2.17 bits per heavy atom. The van der Waals surface area contributed by atoms with Crippen LogP contribution in [0.4, 0.5) is 0 Å². The molecule has 1 aliphatic rings. The third-order valence-corrected chi connectivity index (χ3v) is 3.48. The van der Waals surface area contributed by atoms with E-state index in [2.05, 4.69) is 16.7 Å². The maximum absolute atomic E-state index is 11.9. The summed E-state index contributed by atoms with van der Waals surface area (Å²) in [5.74, 6) is 0.626. The van der Waals surface area contributed by atoms with Gasteiger partial charge in [0.05, 0.1) is 11.6 Å². The molecule has 2 rings (SSSR count). The van der Waals surface area contributed by atoms with Gasteiger partial charge in [0.15, 0.2) is 0 Å². The van der Waals surface area contributed by atoms with Gasteiger partial charge >= 0.3 is 0 Å². The summed E-state index contributed by atoms with van der Waals surface area (Å²) in [6.45, 7) is 4.37. The lowest BCUT2D eigenvalue weighted by molar-refractivity contribution is -0.126. The minimum atomic E-state index is 0.0598. The monoisotopic (exact) mass is 243 g/mol. The van der Waals surface area contributed by atoms with Crippen LogP contribution in [0.2, 0.25) is 0 Å². The van der Waals surface area contributed by atoms with Crippen LogP contribution >= 0.6 is 0 Å². The first-order chi connectivity index (χ1) is 8.70. The Bertz CT molecular complexity index is 457. The van der Waals surface area contributed by atoms with Crippen LogP contribution < -0.4 is 10.6 Å². The number of carbonyl (C=O) groups is 1. The number of amides is 1. The van der Waals surface area contributed by atoms with Gasteiger partial charge in [0.25, 0.3) is 0 Å². The van der Waals surface area contributed by atoms with Crippen LogP contribution in [0.3, 0.4) is 0 Å². The zero-order chi connectivity index (χ0) is 13.0. The minimum absolute atomic E-state index is 0.0598. The van der Waals surface area contributed by atoms with Crippen LogP contribution in [0.1, 0.15) is 18.1 Å². The smallest absolute Gasteiger partial charge is 0.223 e. The number of nitrogens with one attached hydrogen (secondary N) is 2. The lowest BCUT2D eigenvalue weighted by Gasteiger charge is -2.31. The van der Waals surface area contributed by atoms with Gasteiger partial charge < -0.3 is 10.6 Å². The summed E-state index contributed by atoms with van der Waals surface area (Å²) < 4.78 is 0. The van der Waals surface area contributed by atoms with E-state index in [0.29, 0.717) is 18.0 Å². The predicted molar refractivity (Wildman–Crippen MR) is 68.5 cm³/mol. The highest BCUT2D eigenvalue weighted by atomic mass is 16.1. The second kappa shape index (κ2) is 5.65. The number of hydrogen-bond acceptors (Lipinski definition) is 3. The van der Waals surface area contributed by atoms with Crippen molar-refractivity contribution in [3.8, 4) is 6.07 Å². The Labute approximate surface area is 107 Å². The molecule has 1 aliphatic heterocycles. The number of hydrogen-bond donors (Lipinski definition) is 2. The lowest BCUT2D eigenvalue weighted by atomic mass is 9.88. The van der Waals surface area contributed by atoms with E-state index in [1.165, 1.54) is 0 Å². The number of nitriles is 1. The maximum Gasteiger partial charge on any atom is 0.223 e. The van der Waals surface area contributed by atoms with Gasteiger partial charge in [0.1, 0.15) is 0 Å². The number of rotatable bonds is 4. The second-order valence-corrected chi connectivity index (χ2v) is 4.73. The zero-order valence-corrected chi connectivity index (χ0v) is 10.4. The normalized spacial score (nSPS) is 16.4. The molecule has 0 aromatic heterocycles. The van der Waals surface area contributed by atoms with Crippen molar-refractivity contribution in [2.45, 2.75) is 13.5 Å². The fourth-order valence-corrected chi connectivity index (χ4v) is 1.93. The Kier molecular flexibility index (Phi) is 3.96. The highest BCUT2D eigenvalue weighted by Crippen LogP contribution is 2.15. The van der Waals surface area contributed by atoms with E-state index in [4.69, 9.17) is 5.26 Å². The third kappa shape index (κ3) is 2.88. The molecule has 0 radical (unpaired) electrons. The minimum Gasteiger partial charge on any atom is -0.352 e. The highest BCUT2D eigenvalue weighted by Gasteiger charge is 2.28. The highest BCUT2D eigenvalue weighted by molar-refractivity contribution is 5.78. The predicted octanol–water partition coefficient (Wildman–Crippen LogP) is 1.03. The largest absolute Gasteiger partial charge is 0.352 e. The van der Waals surface area contributed by atoms with Crippen molar-refractivity contribution < 1.29 is 4.79 Å². The molecule has 1 fully saturated rings. The molecule has 4 nitrogen and oxygen atoms in total. The van der Waals surface area contributed by atoms with Crippen LogP contribution in [0, 0.1) is 23.2 Å². The number of nitrogens with zero attached hydrogens (tertiary/aromatic N) is 1. The number of carbonyl (C=O) groups excluding carboxylic acids is 1. The Morgan fingerprint density at radius 3 is 2.67 bits per heavy atom. The molecule has 18 heavy (non-hydrogen) atoms. The average Bonchev–Trinajstić information content (AvgIpc) is 2.34. The molecular formula is C14H17N3O. The molecule has 1 heterocycles. The molecule has 0 spiro atoms. The molecule has 1 amide bonds. The van der Waals surface area contributed by atoms with E-state index in [-0.39, 0.29) is 11.8 Å². The molecule has 94 valence electrons. The summed E-state index contributed by atoms with van der Waals surface area (Å²) in [4.78, 5) is 11.9.